The van der Waals surface area contributed by atoms with Crippen molar-refractivity contribution in [2.45, 2.75) is 25.1 Å². The minimum atomic E-state index is -3.13. The summed E-state index contributed by atoms with van der Waals surface area (Å²) in [7, 11) is -3.13. The Bertz CT molecular complexity index is 1160. The molecule has 0 aliphatic carbocycles. The van der Waals surface area contributed by atoms with E-state index >= 15 is 0 Å². The van der Waals surface area contributed by atoms with Crippen LogP contribution in [0.5, 0.6) is 5.75 Å². The maximum absolute atomic E-state index is 13.2. The molecule has 1 aliphatic heterocycles. The summed E-state index contributed by atoms with van der Waals surface area (Å²) in [6, 6.07) is 14.7. The first-order chi connectivity index (χ1) is 15.8. The molecule has 1 aliphatic rings. The van der Waals surface area contributed by atoms with Crippen LogP contribution in [0.25, 0.3) is 11.3 Å². The fourth-order valence-corrected chi connectivity index (χ4v) is 5.65. The van der Waals surface area contributed by atoms with E-state index in [0.717, 1.165) is 5.56 Å². The lowest BCUT2D eigenvalue weighted by Gasteiger charge is -2.29. The van der Waals surface area contributed by atoms with Gasteiger partial charge in [-0.1, -0.05) is 0 Å². The van der Waals surface area contributed by atoms with Crippen molar-refractivity contribution < 1.29 is 31.5 Å². The molecule has 2 heterocycles. The van der Waals surface area contributed by atoms with Gasteiger partial charge in [0.2, 0.25) is 0 Å². The van der Waals surface area contributed by atoms with Crippen LogP contribution in [-0.4, -0.2) is 55.2 Å². The molecule has 2 atom stereocenters. The standard InChI is InChI=1S/C24H25F2NO5S/c25-18-3-1-17(2-4-18)24-10-9-23(32-24)14-27(20-11-12-33(29,30)16-20)13-21(28)15-31-22-7-5-19(26)6-8-22/h1-10,20-21,28H,11-16H2. The topological polar surface area (TPSA) is 80.0 Å². The lowest BCUT2D eigenvalue weighted by atomic mass is 10.2. The summed E-state index contributed by atoms with van der Waals surface area (Å²) in [6.45, 7) is 0.448. The van der Waals surface area contributed by atoms with Gasteiger partial charge in [0.05, 0.1) is 18.1 Å². The number of sulfone groups is 1. The molecule has 4 rings (SSSR count). The van der Waals surface area contributed by atoms with E-state index in [1.165, 1.54) is 36.4 Å². The van der Waals surface area contributed by atoms with Gasteiger partial charge >= 0.3 is 0 Å². The Morgan fingerprint density at radius 2 is 1.70 bits per heavy atom. The Labute approximate surface area is 191 Å². The van der Waals surface area contributed by atoms with E-state index in [4.69, 9.17) is 9.15 Å². The average Bonchev–Trinajstić information content (AvgIpc) is 3.39. The molecule has 9 heteroatoms. The highest BCUT2D eigenvalue weighted by Gasteiger charge is 2.33. The molecular weight excluding hydrogens is 452 g/mol. The third kappa shape index (κ3) is 6.40. The smallest absolute Gasteiger partial charge is 0.151 e. The van der Waals surface area contributed by atoms with Gasteiger partial charge in [-0.25, -0.2) is 17.2 Å². The van der Waals surface area contributed by atoms with Crippen LogP contribution in [0.2, 0.25) is 0 Å². The second-order valence-corrected chi connectivity index (χ2v) is 10.4. The van der Waals surface area contributed by atoms with E-state index in [2.05, 4.69) is 0 Å². The monoisotopic (exact) mass is 477 g/mol. The zero-order valence-electron chi connectivity index (χ0n) is 17.9. The van der Waals surface area contributed by atoms with Crippen LogP contribution >= 0.6 is 0 Å². The molecule has 33 heavy (non-hydrogen) atoms. The van der Waals surface area contributed by atoms with Crippen LogP contribution in [0, 0.1) is 11.6 Å². The number of nitrogens with zero attached hydrogens (tertiary/aromatic N) is 1. The maximum Gasteiger partial charge on any atom is 0.151 e. The van der Waals surface area contributed by atoms with Crippen LogP contribution in [-0.2, 0) is 16.4 Å². The second kappa shape index (κ2) is 10.0. The van der Waals surface area contributed by atoms with Crippen molar-refractivity contribution >= 4 is 9.84 Å². The zero-order chi connectivity index (χ0) is 23.4. The number of hydrogen-bond acceptors (Lipinski definition) is 6. The molecule has 0 saturated carbocycles. The Kier molecular flexibility index (Phi) is 7.11. The summed E-state index contributed by atoms with van der Waals surface area (Å²) in [4.78, 5) is 1.89. The van der Waals surface area contributed by atoms with E-state index in [1.54, 1.807) is 24.3 Å². The highest BCUT2D eigenvalue weighted by atomic mass is 32.2. The molecule has 0 spiro atoms. The normalized spacial score (nSPS) is 18.5. The van der Waals surface area contributed by atoms with Gasteiger partial charge in [0.1, 0.15) is 41.6 Å². The first-order valence-corrected chi connectivity index (χ1v) is 12.4. The van der Waals surface area contributed by atoms with Crippen LogP contribution in [0.4, 0.5) is 8.78 Å². The predicted molar refractivity (Wildman–Crippen MR) is 119 cm³/mol. The number of aliphatic hydroxyl groups is 1. The molecule has 3 aromatic rings. The first kappa shape index (κ1) is 23.4. The van der Waals surface area contributed by atoms with Crippen LogP contribution in [0.1, 0.15) is 12.2 Å². The van der Waals surface area contributed by atoms with Crippen molar-refractivity contribution in [1.29, 1.82) is 0 Å². The van der Waals surface area contributed by atoms with Gasteiger partial charge in [0, 0.05) is 18.2 Å². The third-order valence-corrected chi connectivity index (χ3v) is 7.33. The van der Waals surface area contributed by atoms with Gasteiger partial charge in [0.25, 0.3) is 0 Å². The van der Waals surface area contributed by atoms with Gasteiger partial charge < -0.3 is 14.3 Å². The predicted octanol–water partition coefficient (Wildman–Crippen LogP) is 3.65. The summed E-state index contributed by atoms with van der Waals surface area (Å²) in [6.07, 6.45) is -0.427. The molecule has 0 amide bonds. The van der Waals surface area contributed by atoms with Crippen molar-refractivity contribution in [2.24, 2.45) is 0 Å². The minimum absolute atomic E-state index is 0.0179. The van der Waals surface area contributed by atoms with Crippen LogP contribution < -0.4 is 4.74 Å². The molecule has 1 saturated heterocycles. The Morgan fingerprint density at radius 1 is 1.03 bits per heavy atom. The molecular formula is C24H25F2NO5S. The van der Waals surface area contributed by atoms with E-state index in [1.807, 2.05) is 4.90 Å². The number of rotatable bonds is 9. The molecule has 1 aromatic heterocycles. The van der Waals surface area contributed by atoms with Crippen LogP contribution in [0.15, 0.2) is 65.1 Å². The highest BCUT2D eigenvalue weighted by Crippen LogP contribution is 2.26. The summed E-state index contributed by atoms with van der Waals surface area (Å²) in [5.41, 5.74) is 0.727. The third-order valence-electron chi connectivity index (χ3n) is 5.58. The Morgan fingerprint density at radius 3 is 2.33 bits per heavy atom. The second-order valence-electron chi connectivity index (χ2n) is 8.18. The van der Waals surface area contributed by atoms with Gasteiger partial charge in [0.15, 0.2) is 9.84 Å². The quantitative estimate of drug-likeness (QED) is 0.507. The molecule has 176 valence electrons. The summed E-state index contributed by atoms with van der Waals surface area (Å²) in [5.74, 6) is 1.01. The van der Waals surface area contributed by atoms with Gasteiger partial charge in [-0.15, -0.1) is 0 Å². The summed E-state index contributed by atoms with van der Waals surface area (Å²) in [5, 5.41) is 10.6. The van der Waals surface area contributed by atoms with Crippen molar-refractivity contribution in [3.05, 3.63) is 78.1 Å². The first-order valence-electron chi connectivity index (χ1n) is 10.6. The highest BCUT2D eigenvalue weighted by molar-refractivity contribution is 7.91. The van der Waals surface area contributed by atoms with Crippen molar-refractivity contribution in [3.63, 3.8) is 0 Å². The number of aliphatic hydroxyl groups excluding tert-OH is 1. The van der Waals surface area contributed by atoms with E-state index < -0.39 is 15.9 Å². The van der Waals surface area contributed by atoms with E-state index in [0.29, 0.717) is 30.2 Å². The number of hydrogen-bond donors (Lipinski definition) is 1. The summed E-state index contributed by atoms with van der Waals surface area (Å²) < 4.78 is 61.8. The van der Waals surface area contributed by atoms with Crippen LogP contribution in [0.3, 0.4) is 0 Å². The van der Waals surface area contributed by atoms with Gasteiger partial charge in [-0.2, -0.15) is 0 Å². The summed E-state index contributed by atoms with van der Waals surface area (Å²) >= 11 is 0. The lowest BCUT2D eigenvalue weighted by molar-refractivity contribution is 0.0498. The molecule has 2 aromatic carbocycles. The van der Waals surface area contributed by atoms with Crippen molar-refractivity contribution in [2.75, 3.05) is 24.7 Å². The molecule has 0 bridgehead atoms. The molecule has 1 N–H and O–H groups in total. The minimum Gasteiger partial charge on any atom is -0.491 e. The van der Waals surface area contributed by atoms with Gasteiger partial charge in [-0.3, -0.25) is 4.90 Å². The Hall–Kier alpha value is -2.75. The number of furan rings is 1. The average molecular weight is 478 g/mol. The van der Waals surface area contributed by atoms with Crippen molar-refractivity contribution in [3.8, 4) is 17.1 Å². The lowest BCUT2D eigenvalue weighted by Crippen LogP contribution is -2.42. The molecule has 2 unspecified atom stereocenters. The number of benzene rings is 2. The molecule has 1 fully saturated rings. The largest absolute Gasteiger partial charge is 0.491 e. The molecule has 0 radical (unpaired) electrons. The van der Waals surface area contributed by atoms with E-state index in [9.17, 15) is 22.3 Å². The maximum atomic E-state index is 13.2. The Balaban J connectivity index is 1.43. The number of ether oxygens (including phenoxy) is 1. The van der Waals surface area contributed by atoms with E-state index in [-0.39, 0.29) is 42.3 Å². The SMILES string of the molecule is O=S1(=O)CCC(N(Cc2ccc(-c3ccc(F)cc3)o2)CC(O)COc2ccc(F)cc2)C1. The van der Waals surface area contributed by atoms with Gasteiger partial charge in [-0.05, 0) is 67.1 Å². The fraction of sp³-hybridized carbons (Fsp3) is 0.333. The molecule has 6 nitrogen and oxygen atoms in total. The zero-order valence-corrected chi connectivity index (χ0v) is 18.7. The van der Waals surface area contributed by atoms with Crippen molar-refractivity contribution in [1.82, 2.24) is 4.90 Å². The number of halogens is 2. The fourth-order valence-electron chi connectivity index (χ4n) is 3.89.